The summed E-state index contributed by atoms with van der Waals surface area (Å²) in [6.45, 7) is 4.48. The lowest BCUT2D eigenvalue weighted by Gasteiger charge is -2.46. The van der Waals surface area contributed by atoms with E-state index in [1.165, 1.54) is 18.2 Å². The predicted molar refractivity (Wildman–Crippen MR) is 189 cm³/mol. The zero-order valence-corrected chi connectivity index (χ0v) is 29.9. The fourth-order valence-corrected chi connectivity index (χ4v) is 8.87. The Bertz CT molecular complexity index is 1620. The van der Waals surface area contributed by atoms with Crippen LogP contribution in [0.25, 0.3) is 0 Å². The molecule has 2 aromatic rings. The van der Waals surface area contributed by atoms with Crippen molar-refractivity contribution < 1.29 is 33.3 Å². The lowest BCUT2D eigenvalue weighted by Crippen LogP contribution is -2.51. The number of esters is 1. The zero-order valence-electron chi connectivity index (χ0n) is 29.1. The summed E-state index contributed by atoms with van der Waals surface area (Å²) in [5.74, 6) is 0.0221. The van der Waals surface area contributed by atoms with Crippen molar-refractivity contribution >= 4 is 29.2 Å². The molecule has 1 saturated carbocycles. The van der Waals surface area contributed by atoms with Crippen molar-refractivity contribution in [2.45, 2.75) is 68.2 Å². The molecule has 5 atom stereocenters. The Labute approximate surface area is 299 Å². The molecule has 1 saturated heterocycles. The Morgan fingerprint density at radius 2 is 2.00 bits per heavy atom. The highest BCUT2D eigenvalue weighted by Gasteiger charge is 2.47. The van der Waals surface area contributed by atoms with E-state index in [4.69, 9.17) is 25.8 Å². The van der Waals surface area contributed by atoms with E-state index in [9.17, 15) is 19.1 Å². The van der Waals surface area contributed by atoms with Crippen molar-refractivity contribution in [1.29, 1.82) is 0 Å². The third-order valence-electron chi connectivity index (χ3n) is 11.8. The molecule has 1 spiro atoms. The van der Waals surface area contributed by atoms with Gasteiger partial charge in [-0.25, -0.2) is 9.18 Å². The minimum absolute atomic E-state index is 0.102. The summed E-state index contributed by atoms with van der Waals surface area (Å²) in [6.07, 6.45) is 8.50. The molecular formula is C39H49ClFN3O6. The van der Waals surface area contributed by atoms with Crippen molar-refractivity contribution in [3.05, 3.63) is 70.3 Å². The second kappa shape index (κ2) is 14.4. The van der Waals surface area contributed by atoms with E-state index in [1.54, 1.807) is 18.0 Å². The summed E-state index contributed by atoms with van der Waals surface area (Å²) in [5.41, 5.74) is 1.11. The van der Waals surface area contributed by atoms with Gasteiger partial charge in [-0.2, -0.15) is 0 Å². The van der Waals surface area contributed by atoms with Gasteiger partial charge in [0.25, 0.3) is 0 Å². The quantitative estimate of drug-likeness (QED) is 0.341. The second-order valence-electron chi connectivity index (χ2n) is 15.0. The maximum atomic E-state index is 13.5. The molecule has 1 amide bonds. The number of carbonyl (C=O) groups is 2. The molecule has 9 nitrogen and oxygen atoms in total. The minimum atomic E-state index is -2.18. The van der Waals surface area contributed by atoms with E-state index >= 15 is 0 Å². The third kappa shape index (κ3) is 6.88. The van der Waals surface area contributed by atoms with Crippen LogP contribution < -0.4 is 9.64 Å². The molecule has 0 aromatic heterocycles. The molecule has 2 aromatic carbocycles. The van der Waals surface area contributed by atoms with Gasteiger partial charge >= 0.3 is 5.97 Å². The van der Waals surface area contributed by atoms with Gasteiger partial charge < -0.3 is 29.1 Å². The fourth-order valence-electron chi connectivity index (χ4n) is 8.68. The van der Waals surface area contributed by atoms with Gasteiger partial charge in [0.05, 0.1) is 38.5 Å². The van der Waals surface area contributed by atoms with Crippen LogP contribution in [0.3, 0.4) is 0 Å². The predicted octanol–water partition coefficient (Wildman–Crippen LogP) is 5.05. The summed E-state index contributed by atoms with van der Waals surface area (Å²) in [6, 6.07) is 11.5. The highest BCUT2D eigenvalue weighted by molar-refractivity contribution is 6.30. The monoisotopic (exact) mass is 709 g/mol. The van der Waals surface area contributed by atoms with Gasteiger partial charge in [-0.1, -0.05) is 35.9 Å². The summed E-state index contributed by atoms with van der Waals surface area (Å²) in [7, 11) is 2.91. The first kappa shape index (κ1) is 35.2. The first-order chi connectivity index (χ1) is 24.1. The number of carbonyl (C=O) groups excluding carboxylic acids is 2. The third-order valence-corrected chi connectivity index (χ3v) is 12.0. The number of hydrogen-bond donors (Lipinski definition) is 1. The van der Waals surface area contributed by atoms with E-state index in [0.29, 0.717) is 69.6 Å². The number of amides is 1. The van der Waals surface area contributed by atoms with Gasteiger partial charge in [-0.05, 0) is 91.3 Å². The lowest BCUT2D eigenvalue weighted by molar-refractivity contribution is -0.168. The fraction of sp³-hybridized carbons (Fsp3) is 0.590. The first-order valence-electron chi connectivity index (χ1n) is 18.1. The number of hydrogen-bond acceptors (Lipinski definition) is 8. The molecule has 1 N–H and O–H groups in total. The van der Waals surface area contributed by atoms with Crippen LogP contribution in [0.5, 0.6) is 5.75 Å². The average molecular weight is 710 g/mol. The molecule has 2 aliphatic carbocycles. The molecule has 2 bridgehead atoms. The van der Waals surface area contributed by atoms with Gasteiger partial charge in [0.1, 0.15) is 11.9 Å². The van der Waals surface area contributed by atoms with Crippen LogP contribution in [0.2, 0.25) is 5.02 Å². The number of nitrogens with zero attached hydrogens (tertiary/aromatic N) is 3. The van der Waals surface area contributed by atoms with Crippen LogP contribution in [0.15, 0.2) is 48.6 Å². The van der Waals surface area contributed by atoms with Gasteiger partial charge in [0.15, 0.2) is 5.60 Å². The second-order valence-corrected chi connectivity index (χ2v) is 15.5. The Balaban J connectivity index is 1.27. The van der Waals surface area contributed by atoms with Crippen LogP contribution in [-0.4, -0.2) is 106 Å². The number of fused-ring (bicyclic) bond motifs is 4. The van der Waals surface area contributed by atoms with Gasteiger partial charge in [0, 0.05) is 56.8 Å². The van der Waals surface area contributed by atoms with Crippen LogP contribution in [0, 0.1) is 11.8 Å². The zero-order chi connectivity index (χ0) is 35.0. The maximum Gasteiger partial charge on any atom is 0.343 e. The topological polar surface area (TPSA) is 91.8 Å². The van der Waals surface area contributed by atoms with E-state index in [0.717, 1.165) is 49.4 Å². The normalized spacial score (nSPS) is 31.1. The van der Waals surface area contributed by atoms with Gasteiger partial charge in [-0.15, -0.1) is 0 Å². The van der Waals surface area contributed by atoms with E-state index < -0.39 is 24.2 Å². The lowest BCUT2D eigenvalue weighted by atomic mass is 9.68. The number of methoxy groups -OCH3 is 1. The number of anilines is 1. The van der Waals surface area contributed by atoms with Crippen molar-refractivity contribution in [2.75, 3.05) is 71.5 Å². The van der Waals surface area contributed by atoms with Gasteiger partial charge in [-0.3, -0.25) is 9.69 Å². The minimum Gasteiger partial charge on any atom is -0.490 e. The number of aliphatic hydroxyl groups is 1. The Morgan fingerprint density at radius 3 is 2.76 bits per heavy atom. The summed E-state index contributed by atoms with van der Waals surface area (Å²) >= 11 is 6.47. The van der Waals surface area contributed by atoms with E-state index in [2.05, 4.69) is 34.1 Å². The number of alkyl halides is 1. The van der Waals surface area contributed by atoms with E-state index in [-0.39, 0.29) is 23.3 Å². The Kier molecular flexibility index (Phi) is 10.2. The molecule has 3 aliphatic heterocycles. The van der Waals surface area contributed by atoms with E-state index in [1.807, 2.05) is 18.2 Å². The molecule has 5 aliphatic rings. The Hall–Kier alpha value is -3.18. The maximum absolute atomic E-state index is 13.5. The van der Waals surface area contributed by atoms with Crippen molar-refractivity contribution in [1.82, 2.24) is 9.80 Å². The molecule has 2 fully saturated rings. The number of halogens is 2. The number of benzene rings is 2. The van der Waals surface area contributed by atoms with Crippen LogP contribution in [-0.2, 0) is 36.5 Å². The first-order valence-corrected chi connectivity index (χ1v) is 18.5. The van der Waals surface area contributed by atoms with Crippen molar-refractivity contribution in [3.63, 3.8) is 0 Å². The summed E-state index contributed by atoms with van der Waals surface area (Å²) in [5, 5.41) is 12.7. The molecule has 7 rings (SSSR count). The van der Waals surface area contributed by atoms with Crippen LogP contribution in [0.1, 0.15) is 55.2 Å². The summed E-state index contributed by atoms with van der Waals surface area (Å²) < 4.78 is 31.8. The largest absolute Gasteiger partial charge is 0.490 e. The molecule has 0 unspecified atom stereocenters. The van der Waals surface area contributed by atoms with Crippen molar-refractivity contribution in [3.8, 4) is 5.75 Å². The molecule has 11 heteroatoms. The molecule has 50 heavy (non-hydrogen) atoms. The van der Waals surface area contributed by atoms with Crippen LogP contribution in [0.4, 0.5) is 10.1 Å². The standard InChI is InChI=1S/C39H49ClFN3O6/c1-42-15-4-3-7-34(49-17-16-43-22-30(41)23-43)31-11-8-27(31)21-44-24-38(14-5-6-26-18-29(40)10-12-32(26)38)25-50-35-13-9-28(19-33(35)44)39(47,20-36(42)45)37(46)48-2/h3,7,9-10,12-13,18-19,27,30-31,34,47H,4-6,8,11,14-17,20-25H2,1-2H3/b7-3+/t27-,31+,34-,38-,39+/m0/s1. The smallest absolute Gasteiger partial charge is 0.343 e. The number of ether oxygens (including phenoxy) is 3. The average Bonchev–Trinajstić information content (AvgIpc) is 3.23. The molecule has 3 heterocycles. The number of likely N-dealkylation sites (tertiary alicyclic amines) is 1. The molecule has 270 valence electrons. The number of aryl methyl sites for hydroxylation is 1. The summed E-state index contributed by atoms with van der Waals surface area (Å²) in [4.78, 5) is 32.8. The van der Waals surface area contributed by atoms with Crippen molar-refractivity contribution in [2.24, 2.45) is 11.8 Å². The molecule has 0 radical (unpaired) electrons. The highest BCUT2D eigenvalue weighted by Crippen LogP contribution is 2.48. The highest BCUT2D eigenvalue weighted by atomic mass is 35.5. The SMILES string of the molecule is COC(=O)[C@@]1(O)CC(=O)N(C)CC/C=C/[C@H](OCCN2CC(F)C2)[C@@H]2CC[C@H]2CN2C[C@@]3(CCCc4cc(Cl)ccc43)COc3ccc1cc32. The van der Waals surface area contributed by atoms with Crippen LogP contribution >= 0.6 is 11.6 Å². The van der Waals surface area contributed by atoms with Gasteiger partial charge in [0.2, 0.25) is 5.91 Å². The molecular weight excluding hydrogens is 661 g/mol. The number of rotatable bonds is 5. The Morgan fingerprint density at radius 1 is 1.16 bits per heavy atom.